The Labute approximate surface area is 178 Å². The van der Waals surface area contributed by atoms with Gasteiger partial charge in [0.05, 0.1) is 33.4 Å². The van der Waals surface area contributed by atoms with E-state index in [9.17, 15) is 4.79 Å². The van der Waals surface area contributed by atoms with Crippen LogP contribution in [-0.2, 0) is 11.2 Å². The third kappa shape index (κ3) is 4.09. The van der Waals surface area contributed by atoms with Gasteiger partial charge in [-0.05, 0) is 32.9 Å². The quantitative estimate of drug-likeness (QED) is 0.409. The molecule has 0 aliphatic carbocycles. The molecular formula is C23H23N3OS2. The second-order valence-corrected chi connectivity index (χ2v) is 9.60. The Hall–Kier alpha value is -2.57. The Morgan fingerprint density at radius 2 is 1.76 bits per heavy atom. The Morgan fingerprint density at radius 1 is 1.03 bits per heavy atom. The van der Waals surface area contributed by atoms with Gasteiger partial charge < -0.3 is 4.90 Å². The number of thiazole rings is 2. The first-order valence-electron chi connectivity index (χ1n) is 9.57. The lowest BCUT2D eigenvalue weighted by molar-refractivity contribution is -0.131. The first-order chi connectivity index (χ1) is 13.9. The van der Waals surface area contributed by atoms with Crippen molar-refractivity contribution in [2.75, 3.05) is 7.05 Å². The molecule has 0 radical (unpaired) electrons. The summed E-state index contributed by atoms with van der Waals surface area (Å²) < 4.78 is 1.15. The van der Waals surface area contributed by atoms with Crippen LogP contribution in [0.3, 0.4) is 0 Å². The maximum Gasteiger partial charge on any atom is 0.228 e. The normalized spacial score (nSPS) is 12.3. The molecule has 1 amide bonds. The zero-order valence-corrected chi connectivity index (χ0v) is 18.6. The first-order valence-corrected chi connectivity index (χ1v) is 11.2. The smallest absolute Gasteiger partial charge is 0.228 e. The lowest BCUT2D eigenvalue weighted by atomic mass is 10.1. The predicted octanol–water partition coefficient (Wildman–Crippen LogP) is 5.80. The molecule has 0 saturated carbocycles. The number of likely N-dealkylation sites (N-methyl/N-ethyl adjacent to an activating group) is 1. The third-order valence-corrected chi connectivity index (χ3v) is 7.26. The monoisotopic (exact) mass is 421 g/mol. The molecule has 4 aromatic rings. The van der Waals surface area contributed by atoms with Crippen LogP contribution in [0.2, 0.25) is 0 Å². The number of fused-ring (bicyclic) bond motifs is 1. The SMILES string of the molecule is Cc1ccc(-c2nc(C)sc2CC(=O)N(C)C(C)c2nc3ccccc3s2)cc1. The molecule has 0 saturated heterocycles. The van der Waals surface area contributed by atoms with Crippen LogP contribution < -0.4 is 0 Å². The summed E-state index contributed by atoms with van der Waals surface area (Å²) in [4.78, 5) is 25.3. The fourth-order valence-electron chi connectivity index (χ4n) is 3.24. The van der Waals surface area contributed by atoms with E-state index in [4.69, 9.17) is 9.97 Å². The van der Waals surface area contributed by atoms with Gasteiger partial charge >= 0.3 is 0 Å². The van der Waals surface area contributed by atoms with Gasteiger partial charge in [-0.3, -0.25) is 4.79 Å². The molecule has 6 heteroatoms. The Balaban J connectivity index is 1.55. The van der Waals surface area contributed by atoms with Crippen molar-refractivity contribution in [1.82, 2.24) is 14.9 Å². The zero-order valence-electron chi connectivity index (χ0n) is 17.0. The highest BCUT2D eigenvalue weighted by atomic mass is 32.1. The molecule has 0 aliphatic heterocycles. The van der Waals surface area contributed by atoms with E-state index >= 15 is 0 Å². The van der Waals surface area contributed by atoms with Crippen LogP contribution >= 0.6 is 22.7 Å². The number of rotatable bonds is 5. The van der Waals surface area contributed by atoms with E-state index in [-0.39, 0.29) is 11.9 Å². The van der Waals surface area contributed by atoms with E-state index in [1.165, 1.54) is 5.56 Å². The molecule has 0 aliphatic rings. The third-order valence-electron chi connectivity index (χ3n) is 5.08. The van der Waals surface area contributed by atoms with Crippen LogP contribution in [0.5, 0.6) is 0 Å². The molecule has 1 unspecified atom stereocenters. The van der Waals surface area contributed by atoms with E-state index in [1.807, 2.05) is 39.1 Å². The highest BCUT2D eigenvalue weighted by Gasteiger charge is 2.23. The van der Waals surface area contributed by atoms with Crippen LogP contribution in [0.1, 0.15) is 33.4 Å². The van der Waals surface area contributed by atoms with Crippen molar-refractivity contribution in [3.05, 3.63) is 69.0 Å². The molecule has 2 aromatic heterocycles. The Bertz CT molecular complexity index is 1130. The number of para-hydroxylation sites is 1. The average molecular weight is 422 g/mol. The van der Waals surface area contributed by atoms with Gasteiger partial charge in [-0.25, -0.2) is 9.97 Å². The summed E-state index contributed by atoms with van der Waals surface area (Å²) in [5, 5.41) is 1.94. The molecule has 0 N–H and O–H groups in total. The van der Waals surface area contributed by atoms with Crippen LogP contribution in [0.25, 0.3) is 21.5 Å². The van der Waals surface area contributed by atoms with Gasteiger partial charge in [0.1, 0.15) is 5.01 Å². The number of aromatic nitrogens is 2. The van der Waals surface area contributed by atoms with Crippen molar-refractivity contribution < 1.29 is 4.79 Å². The second kappa shape index (κ2) is 8.05. The summed E-state index contributed by atoms with van der Waals surface area (Å²) in [5.74, 6) is 0.0776. The number of nitrogens with zero attached hydrogens (tertiary/aromatic N) is 3. The maximum absolute atomic E-state index is 13.1. The maximum atomic E-state index is 13.1. The number of carbonyl (C=O) groups excluding carboxylic acids is 1. The lowest BCUT2D eigenvalue weighted by Gasteiger charge is -2.23. The zero-order chi connectivity index (χ0) is 20.5. The van der Waals surface area contributed by atoms with Crippen molar-refractivity contribution in [3.63, 3.8) is 0 Å². The number of aryl methyl sites for hydroxylation is 2. The first kappa shape index (κ1) is 19.7. The number of hydrogen-bond donors (Lipinski definition) is 0. The minimum atomic E-state index is -0.0725. The van der Waals surface area contributed by atoms with E-state index in [2.05, 4.69) is 37.3 Å². The minimum absolute atomic E-state index is 0.0725. The molecular weight excluding hydrogens is 398 g/mol. The minimum Gasteiger partial charge on any atom is -0.336 e. The molecule has 2 aromatic carbocycles. The van der Waals surface area contributed by atoms with Crippen LogP contribution in [0, 0.1) is 13.8 Å². The highest BCUT2D eigenvalue weighted by molar-refractivity contribution is 7.18. The average Bonchev–Trinajstić information content (AvgIpc) is 3.30. The fourth-order valence-corrected chi connectivity index (χ4v) is 5.25. The molecule has 2 heterocycles. The highest BCUT2D eigenvalue weighted by Crippen LogP contribution is 2.32. The van der Waals surface area contributed by atoms with Crippen molar-refractivity contribution >= 4 is 38.8 Å². The number of amides is 1. The molecule has 0 fully saturated rings. The molecule has 4 rings (SSSR count). The summed E-state index contributed by atoms with van der Waals surface area (Å²) >= 11 is 3.25. The van der Waals surface area contributed by atoms with Crippen LogP contribution in [0.4, 0.5) is 0 Å². The lowest BCUT2D eigenvalue weighted by Crippen LogP contribution is -2.30. The summed E-state index contributed by atoms with van der Waals surface area (Å²) in [6, 6.07) is 16.3. The van der Waals surface area contributed by atoms with Gasteiger partial charge in [0.2, 0.25) is 5.91 Å². The predicted molar refractivity (Wildman–Crippen MR) is 122 cm³/mol. The Morgan fingerprint density at radius 3 is 2.48 bits per heavy atom. The number of benzene rings is 2. The number of carbonyl (C=O) groups is 1. The summed E-state index contributed by atoms with van der Waals surface area (Å²) in [5.41, 5.74) is 4.18. The van der Waals surface area contributed by atoms with Crippen molar-refractivity contribution in [1.29, 1.82) is 0 Å². The van der Waals surface area contributed by atoms with Gasteiger partial charge in [0, 0.05) is 17.5 Å². The van der Waals surface area contributed by atoms with Crippen molar-refractivity contribution in [3.8, 4) is 11.3 Å². The molecule has 29 heavy (non-hydrogen) atoms. The molecule has 4 nitrogen and oxygen atoms in total. The standard InChI is InChI=1S/C23H23N3OS2/c1-14-9-11-17(12-10-14)22-20(28-16(3)24-22)13-21(27)26(4)15(2)23-25-18-7-5-6-8-19(18)29-23/h5-12,15H,13H2,1-4H3. The van der Waals surface area contributed by atoms with Gasteiger partial charge in [0.15, 0.2) is 0 Å². The molecule has 1 atom stereocenters. The van der Waals surface area contributed by atoms with Crippen LogP contribution in [-0.4, -0.2) is 27.8 Å². The fraction of sp³-hybridized carbons (Fsp3) is 0.261. The van der Waals surface area contributed by atoms with Crippen LogP contribution in [0.15, 0.2) is 48.5 Å². The molecule has 0 bridgehead atoms. The largest absolute Gasteiger partial charge is 0.336 e. The van der Waals surface area contributed by atoms with E-state index in [1.54, 1.807) is 27.6 Å². The van der Waals surface area contributed by atoms with Crippen molar-refractivity contribution in [2.24, 2.45) is 0 Å². The van der Waals surface area contributed by atoms with Gasteiger partial charge in [-0.15, -0.1) is 22.7 Å². The summed E-state index contributed by atoms with van der Waals surface area (Å²) in [6.07, 6.45) is 0.348. The Kier molecular flexibility index (Phi) is 5.48. The van der Waals surface area contributed by atoms with Gasteiger partial charge in [-0.1, -0.05) is 42.0 Å². The van der Waals surface area contributed by atoms with Gasteiger partial charge in [0.25, 0.3) is 0 Å². The van der Waals surface area contributed by atoms with E-state index in [0.717, 1.165) is 36.4 Å². The number of hydrogen-bond acceptors (Lipinski definition) is 5. The van der Waals surface area contributed by atoms with E-state index in [0.29, 0.717) is 6.42 Å². The molecule has 0 spiro atoms. The topological polar surface area (TPSA) is 46.1 Å². The van der Waals surface area contributed by atoms with Crippen molar-refractivity contribution in [2.45, 2.75) is 33.2 Å². The summed E-state index contributed by atoms with van der Waals surface area (Å²) in [7, 11) is 1.86. The summed E-state index contributed by atoms with van der Waals surface area (Å²) in [6.45, 7) is 6.09. The molecule has 148 valence electrons. The van der Waals surface area contributed by atoms with Gasteiger partial charge in [-0.2, -0.15) is 0 Å². The second-order valence-electron chi connectivity index (χ2n) is 7.25. The van der Waals surface area contributed by atoms with E-state index < -0.39 is 0 Å².